The van der Waals surface area contributed by atoms with Gasteiger partial charge in [-0.15, -0.1) is 0 Å². The van der Waals surface area contributed by atoms with E-state index in [2.05, 4.69) is 0 Å². The first-order valence-corrected chi connectivity index (χ1v) is 5.99. The van der Waals surface area contributed by atoms with Crippen molar-refractivity contribution >= 4 is 5.91 Å². The average Bonchev–Trinajstić information content (AvgIpc) is 2.43. The predicted molar refractivity (Wildman–Crippen MR) is 67.7 cm³/mol. The number of hydrogen-bond donors (Lipinski definition) is 1. The molecule has 1 aromatic rings. The first-order valence-electron chi connectivity index (χ1n) is 5.99. The number of aliphatic hydroxyl groups is 1. The number of amides is 1. The Bertz CT molecular complexity index is 453. The normalized spacial score (nSPS) is 30.8. The van der Waals surface area contributed by atoms with Crippen molar-refractivity contribution < 1.29 is 14.7 Å². The monoisotopic (exact) mass is 249 g/mol. The number of hydrogen-bond acceptors (Lipinski definition) is 3. The molecule has 0 radical (unpaired) electrons. The molecule has 18 heavy (non-hydrogen) atoms. The summed E-state index contributed by atoms with van der Waals surface area (Å²) in [5, 5.41) is 12.0. The highest BCUT2D eigenvalue weighted by Gasteiger charge is 2.62. The second kappa shape index (κ2) is 4.07. The van der Waals surface area contributed by atoms with Gasteiger partial charge in [0.2, 0.25) is 0 Å². The van der Waals surface area contributed by atoms with Crippen molar-refractivity contribution in [1.29, 1.82) is 0 Å². The van der Waals surface area contributed by atoms with E-state index in [9.17, 15) is 9.90 Å². The molecule has 1 aliphatic heterocycles. The lowest BCUT2D eigenvalue weighted by Crippen LogP contribution is -2.52. The largest absolute Gasteiger partial charge is 0.386 e. The summed E-state index contributed by atoms with van der Waals surface area (Å²) in [6.45, 7) is 5.29. The molecular weight excluding hydrogens is 230 g/mol. The molecule has 1 N–H and O–H groups in total. The van der Waals surface area contributed by atoms with Crippen LogP contribution in [0.15, 0.2) is 30.3 Å². The molecule has 4 nitrogen and oxygen atoms in total. The molecule has 0 unspecified atom stereocenters. The van der Waals surface area contributed by atoms with Gasteiger partial charge in [0.1, 0.15) is 5.60 Å². The van der Waals surface area contributed by atoms with E-state index >= 15 is 0 Å². The Morgan fingerprint density at radius 3 is 2.22 bits per heavy atom. The average molecular weight is 249 g/mol. The van der Waals surface area contributed by atoms with E-state index in [-0.39, 0.29) is 5.91 Å². The molecule has 1 aliphatic rings. The smallest absolute Gasteiger partial charge is 0.257 e. The number of nitrogens with zero attached hydrogens (tertiary/aromatic N) is 1. The number of rotatable bonds is 2. The summed E-state index contributed by atoms with van der Waals surface area (Å²) in [6.07, 6.45) is 0. The highest BCUT2D eigenvalue weighted by molar-refractivity contribution is 5.88. The topological polar surface area (TPSA) is 49.8 Å². The lowest BCUT2D eigenvalue weighted by molar-refractivity contribution is -0.205. The van der Waals surface area contributed by atoms with Gasteiger partial charge in [-0.05, 0) is 26.3 Å². The van der Waals surface area contributed by atoms with Crippen LogP contribution in [0.4, 0.5) is 0 Å². The van der Waals surface area contributed by atoms with Crippen LogP contribution in [0.25, 0.3) is 0 Å². The van der Waals surface area contributed by atoms with Crippen molar-refractivity contribution in [2.45, 2.75) is 37.8 Å². The molecule has 4 heteroatoms. The van der Waals surface area contributed by atoms with Crippen molar-refractivity contribution in [3.8, 4) is 0 Å². The van der Waals surface area contributed by atoms with E-state index in [1.54, 1.807) is 20.8 Å². The Morgan fingerprint density at radius 1 is 1.22 bits per heavy atom. The fourth-order valence-corrected chi connectivity index (χ4v) is 2.62. The van der Waals surface area contributed by atoms with Crippen LogP contribution < -0.4 is 0 Å². The Balaban J connectivity index is 2.52. The van der Waals surface area contributed by atoms with Crippen LogP contribution in [-0.2, 0) is 9.63 Å². The van der Waals surface area contributed by atoms with E-state index < -0.39 is 17.1 Å². The Kier molecular flexibility index (Phi) is 2.95. The molecular formula is C14H19NO3. The second-order valence-corrected chi connectivity index (χ2v) is 5.37. The lowest BCUT2D eigenvalue weighted by atomic mass is 9.76. The summed E-state index contributed by atoms with van der Waals surface area (Å²) in [5.41, 5.74) is -1.17. The van der Waals surface area contributed by atoms with Crippen LogP contribution in [0.2, 0.25) is 0 Å². The Morgan fingerprint density at radius 2 is 1.78 bits per heavy atom. The molecule has 0 spiro atoms. The van der Waals surface area contributed by atoms with Crippen molar-refractivity contribution in [1.82, 2.24) is 5.06 Å². The summed E-state index contributed by atoms with van der Waals surface area (Å²) < 4.78 is 0. The fraction of sp³-hybridized carbons (Fsp3) is 0.500. The van der Waals surface area contributed by atoms with Crippen LogP contribution in [0.1, 0.15) is 32.3 Å². The van der Waals surface area contributed by atoms with Crippen LogP contribution in [0.5, 0.6) is 0 Å². The zero-order chi connectivity index (χ0) is 13.6. The highest BCUT2D eigenvalue weighted by Crippen LogP contribution is 2.47. The van der Waals surface area contributed by atoms with Crippen LogP contribution >= 0.6 is 0 Å². The number of hydroxylamine groups is 2. The Hall–Kier alpha value is -1.39. The number of benzene rings is 1. The fourth-order valence-electron chi connectivity index (χ4n) is 2.62. The van der Waals surface area contributed by atoms with Crippen molar-refractivity contribution in [3.63, 3.8) is 0 Å². The van der Waals surface area contributed by atoms with Gasteiger partial charge in [-0.2, -0.15) is 0 Å². The molecule has 0 bridgehead atoms. The predicted octanol–water partition coefficient (Wildman–Crippen LogP) is 1.70. The van der Waals surface area contributed by atoms with Crippen LogP contribution in [0.3, 0.4) is 0 Å². The van der Waals surface area contributed by atoms with Gasteiger partial charge in [-0.25, -0.2) is 5.06 Å². The maximum Gasteiger partial charge on any atom is 0.257 e. The van der Waals surface area contributed by atoms with E-state index in [1.165, 1.54) is 12.2 Å². The summed E-state index contributed by atoms with van der Waals surface area (Å²) >= 11 is 0. The summed E-state index contributed by atoms with van der Waals surface area (Å²) in [7, 11) is 1.45. The Labute approximate surface area is 107 Å². The molecule has 2 rings (SSSR count). The standard InChI is InChI=1S/C14H19NO3/c1-13(2)14(3,17)11(12(16)15(13)18-4)10-8-6-5-7-9-10/h5-9,11,17H,1-4H3/t11-,14-/m0/s1. The SMILES string of the molecule is CON1C(=O)[C@H](c2ccccc2)[C@](C)(O)C1(C)C. The molecule has 0 aromatic heterocycles. The molecule has 0 aliphatic carbocycles. The molecule has 1 saturated heterocycles. The van der Waals surface area contributed by atoms with Crippen LogP contribution in [-0.4, -0.2) is 34.3 Å². The third kappa shape index (κ3) is 1.56. The third-order valence-corrected chi connectivity index (χ3v) is 4.07. The van der Waals surface area contributed by atoms with Crippen molar-refractivity contribution in [3.05, 3.63) is 35.9 Å². The van der Waals surface area contributed by atoms with Crippen molar-refractivity contribution in [2.24, 2.45) is 0 Å². The van der Waals surface area contributed by atoms with E-state index in [0.29, 0.717) is 0 Å². The molecule has 1 fully saturated rings. The maximum atomic E-state index is 12.4. The summed E-state index contributed by atoms with van der Waals surface area (Å²) in [6, 6.07) is 9.32. The van der Waals surface area contributed by atoms with Gasteiger partial charge in [0.25, 0.3) is 5.91 Å². The number of carbonyl (C=O) groups excluding carboxylic acids is 1. The quantitative estimate of drug-likeness (QED) is 0.868. The lowest BCUT2D eigenvalue weighted by Gasteiger charge is -2.38. The molecule has 0 saturated carbocycles. The van der Waals surface area contributed by atoms with E-state index in [4.69, 9.17) is 4.84 Å². The number of carbonyl (C=O) groups is 1. The zero-order valence-electron chi connectivity index (χ0n) is 11.2. The van der Waals surface area contributed by atoms with Gasteiger partial charge in [-0.3, -0.25) is 9.63 Å². The molecule has 2 atom stereocenters. The van der Waals surface area contributed by atoms with Crippen molar-refractivity contribution in [2.75, 3.05) is 7.11 Å². The minimum absolute atomic E-state index is 0.210. The first kappa shape index (κ1) is 13.1. The second-order valence-electron chi connectivity index (χ2n) is 5.37. The molecule has 1 amide bonds. The zero-order valence-corrected chi connectivity index (χ0v) is 11.2. The van der Waals surface area contributed by atoms with Gasteiger partial charge in [-0.1, -0.05) is 30.3 Å². The van der Waals surface area contributed by atoms with E-state index in [0.717, 1.165) is 5.56 Å². The van der Waals surface area contributed by atoms with Gasteiger partial charge in [0.15, 0.2) is 0 Å². The summed E-state index contributed by atoms with van der Waals surface area (Å²) in [5.74, 6) is -0.813. The maximum absolute atomic E-state index is 12.4. The van der Waals surface area contributed by atoms with Gasteiger partial charge in [0, 0.05) is 0 Å². The molecule has 98 valence electrons. The highest BCUT2D eigenvalue weighted by atomic mass is 16.7. The van der Waals surface area contributed by atoms with Gasteiger partial charge >= 0.3 is 0 Å². The van der Waals surface area contributed by atoms with Gasteiger partial charge < -0.3 is 5.11 Å². The molecule has 1 heterocycles. The minimum Gasteiger partial charge on any atom is -0.386 e. The minimum atomic E-state index is -1.19. The van der Waals surface area contributed by atoms with E-state index in [1.807, 2.05) is 30.3 Å². The van der Waals surface area contributed by atoms with Gasteiger partial charge in [0.05, 0.1) is 18.6 Å². The first-order chi connectivity index (χ1) is 8.34. The third-order valence-electron chi connectivity index (χ3n) is 4.07. The molecule has 1 aromatic carbocycles. The van der Waals surface area contributed by atoms with Crippen LogP contribution in [0, 0.1) is 0 Å². The summed E-state index contributed by atoms with van der Waals surface area (Å²) in [4.78, 5) is 17.6.